The molecule has 2 saturated carbocycles. The highest BCUT2D eigenvalue weighted by molar-refractivity contribution is 5.82. The molecular weight excluding hydrogens is 240 g/mol. The molecule has 0 aromatic heterocycles. The van der Waals surface area contributed by atoms with Gasteiger partial charge >= 0.3 is 0 Å². The van der Waals surface area contributed by atoms with Gasteiger partial charge in [0, 0.05) is 18.5 Å². The lowest BCUT2D eigenvalue weighted by Gasteiger charge is -2.24. The predicted molar refractivity (Wildman–Crippen MR) is 73.6 cm³/mol. The molecule has 4 nitrogen and oxygen atoms in total. The number of nitrogens with one attached hydrogen (secondary N) is 2. The van der Waals surface area contributed by atoms with E-state index in [1.54, 1.807) is 0 Å². The fourth-order valence-corrected chi connectivity index (χ4v) is 4.13. The second-order valence-corrected chi connectivity index (χ2v) is 6.61. The number of carbonyl (C=O) groups excluding carboxylic acids is 1. The quantitative estimate of drug-likeness (QED) is 0.719. The summed E-state index contributed by atoms with van der Waals surface area (Å²) in [6.07, 6.45) is 8.97. The maximum atomic E-state index is 12.2. The molecule has 5 unspecified atom stereocenters. The third-order valence-corrected chi connectivity index (χ3v) is 5.34. The Labute approximate surface area is 115 Å². The van der Waals surface area contributed by atoms with E-state index in [1.165, 1.54) is 25.7 Å². The molecule has 0 spiro atoms. The monoisotopic (exact) mass is 266 g/mol. The Hall–Kier alpha value is -0.610. The van der Waals surface area contributed by atoms with Crippen LogP contribution in [-0.2, 0) is 4.79 Å². The van der Waals surface area contributed by atoms with Gasteiger partial charge < -0.3 is 15.7 Å². The first-order valence-corrected chi connectivity index (χ1v) is 7.96. The van der Waals surface area contributed by atoms with Crippen molar-refractivity contribution >= 4 is 5.91 Å². The van der Waals surface area contributed by atoms with Gasteiger partial charge in [0.1, 0.15) is 0 Å². The van der Waals surface area contributed by atoms with Crippen LogP contribution in [-0.4, -0.2) is 35.7 Å². The summed E-state index contributed by atoms with van der Waals surface area (Å²) in [7, 11) is 0. The van der Waals surface area contributed by atoms with Crippen LogP contribution in [0.1, 0.15) is 51.4 Å². The van der Waals surface area contributed by atoms with Crippen molar-refractivity contribution < 1.29 is 9.90 Å². The molecule has 108 valence electrons. The SMILES string of the molecule is O=C(NCC1CCCC1O)C1CC2CCCCC2N1. The highest BCUT2D eigenvalue weighted by Gasteiger charge is 2.38. The highest BCUT2D eigenvalue weighted by Crippen LogP contribution is 2.33. The first-order valence-electron chi connectivity index (χ1n) is 7.96. The maximum absolute atomic E-state index is 12.2. The second-order valence-electron chi connectivity index (χ2n) is 6.61. The largest absolute Gasteiger partial charge is 0.393 e. The molecule has 3 aliphatic rings. The molecule has 4 heteroatoms. The Morgan fingerprint density at radius 2 is 2.00 bits per heavy atom. The van der Waals surface area contributed by atoms with Crippen molar-refractivity contribution in [1.29, 1.82) is 0 Å². The zero-order valence-electron chi connectivity index (χ0n) is 11.6. The van der Waals surface area contributed by atoms with E-state index >= 15 is 0 Å². The predicted octanol–water partition coefficient (Wildman–Crippen LogP) is 1.18. The van der Waals surface area contributed by atoms with Gasteiger partial charge in [-0.2, -0.15) is 0 Å². The van der Waals surface area contributed by atoms with Crippen molar-refractivity contribution in [2.24, 2.45) is 11.8 Å². The number of aliphatic hydroxyl groups excluding tert-OH is 1. The fraction of sp³-hybridized carbons (Fsp3) is 0.933. The van der Waals surface area contributed by atoms with Crippen molar-refractivity contribution in [2.45, 2.75) is 69.6 Å². The number of amides is 1. The van der Waals surface area contributed by atoms with Gasteiger partial charge in [0.2, 0.25) is 5.91 Å². The molecule has 1 aliphatic heterocycles. The lowest BCUT2D eigenvalue weighted by molar-refractivity contribution is -0.123. The molecule has 5 atom stereocenters. The number of hydrogen-bond acceptors (Lipinski definition) is 3. The van der Waals surface area contributed by atoms with Crippen LogP contribution < -0.4 is 10.6 Å². The Balaban J connectivity index is 1.45. The van der Waals surface area contributed by atoms with Crippen LogP contribution in [0.25, 0.3) is 0 Å². The molecule has 3 N–H and O–H groups in total. The van der Waals surface area contributed by atoms with Crippen molar-refractivity contribution in [3.05, 3.63) is 0 Å². The van der Waals surface area contributed by atoms with Crippen LogP contribution in [0, 0.1) is 11.8 Å². The van der Waals surface area contributed by atoms with Crippen molar-refractivity contribution in [3.63, 3.8) is 0 Å². The van der Waals surface area contributed by atoms with Gasteiger partial charge in [0.25, 0.3) is 0 Å². The van der Waals surface area contributed by atoms with Crippen molar-refractivity contribution in [3.8, 4) is 0 Å². The minimum absolute atomic E-state index is 0.00615. The van der Waals surface area contributed by atoms with Gasteiger partial charge in [0.15, 0.2) is 0 Å². The lowest BCUT2D eigenvalue weighted by Crippen LogP contribution is -2.45. The molecule has 0 aromatic carbocycles. The fourth-order valence-electron chi connectivity index (χ4n) is 4.13. The first kappa shape index (κ1) is 13.4. The lowest BCUT2D eigenvalue weighted by atomic mass is 9.85. The third-order valence-electron chi connectivity index (χ3n) is 5.34. The summed E-state index contributed by atoms with van der Waals surface area (Å²) in [4.78, 5) is 12.2. The molecule has 1 amide bonds. The van der Waals surface area contributed by atoms with Gasteiger partial charge in [-0.25, -0.2) is 0 Å². The van der Waals surface area contributed by atoms with E-state index in [0.29, 0.717) is 18.5 Å². The number of aliphatic hydroxyl groups is 1. The summed E-state index contributed by atoms with van der Waals surface area (Å²) in [6, 6.07) is 0.577. The average molecular weight is 266 g/mol. The number of carbonyl (C=O) groups is 1. The summed E-state index contributed by atoms with van der Waals surface area (Å²) in [5.74, 6) is 1.13. The van der Waals surface area contributed by atoms with Crippen molar-refractivity contribution in [1.82, 2.24) is 10.6 Å². The van der Waals surface area contributed by atoms with Crippen LogP contribution in [0.2, 0.25) is 0 Å². The van der Waals surface area contributed by atoms with Gasteiger partial charge in [0.05, 0.1) is 12.1 Å². The Kier molecular flexibility index (Phi) is 4.08. The van der Waals surface area contributed by atoms with Crippen LogP contribution in [0.15, 0.2) is 0 Å². The van der Waals surface area contributed by atoms with Crippen LogP contribution >= 0.6 is 0 Å². The van der Waals surface area contributed by atoms with Gasteiger partial charge in [-0.3, -0.25) is 4.79 Å². The van der Waals surface area contributed by atoms with E-state index in [1.807, 2.05) is 0 Å². The number of hydrogen-bond donors (Lipinski definition) is 3. The summed E-state index contributed by atoms with van der Waals surface area (Å²) >= 11 is 0. The molecule has 2 aliphatic carbocycles. The molecule has 1 heterocycles. The Bertz CT molecular complexity index is 320. The second kappa shape index (κ2) is 5.80. The molecule has 0 bridgehead atoms. The summed E-state index contributed by atoms with van der Waals surface area (Å²) < 4.78 is 0. The van der Waals surface area contributed by atoms with Gasteiger partial charge in [-0.15, -0.1) is 0 Å². The highest BCUT2D eigenvalue weighted by atomic mass is 16.3. The minimum Gasteiger partial charge on any atom is -0.393 e. The van der Waals surface area contributed by atoms with Gasteiger partial charge in [-0.1, -0.05) is 19.3 Å². The number of fused-ring (bicyclic) bond motifs is 1. The minimum atomic E-state index is -0.209. The molecular formula is C15H26N2O2. The molecule has 1 saturated heterocycles. The van der Waals surface area contributed by atoms with E-state index < -0.39 is 0 Å². The summed E-state index contributed by atoms with van der Waals surface area (Å²) in [5.41, 5.74) is 0. The van der Waals surface area contributed by atoms with Gasteiger partial charge in [-0.05, 0) is 38.0 Å². The molecule has 19 heavy (non-hydrogen) atoms. The molecule has 3 rings (SSSR count). The molecule has 0 aromatic rings. The van der Waals surface area contributed by atoms with Crippen LogP contribution in [0.5, 0.6) is 0 Å². The zero-order chi connectivity index (χ0) is 13.2. The zero-order valence-corrected chi connectivity index (χ0v) is 11.6. The first-order chi connectivity index (χ1) is 9.24. The molecule has 0 radical (unpaired) electrons. The smallest absolute Gasteiger partial charge is 0.237 e. The van der Waals surface area contributed by atoms with E-state index in [4.69, 9.17) is 0 Å². The number of rotatable bonds is 3. The topological polar surface area (TPSA) is 61.4 Å². The Morgan fingerprint density at radius 1 is 1.16 bits per heavy atom. The summed E-state index contributed by atoms with van der Waals surface area (Å²) in [5, 5.41) is 16.3. The van der Waals surface area contributed by atoms with E-state index in [2.05, 4.69) is 10.6 Å². The normalized spacial score (nSPS) is 42.1. The Morgan fingerprint density at radius 3 is 2.74 bits per heavy atom. The van der Waals surface area contributed by atoms with E-state index in [9.17, 15) is 9.90 Å². The van der Waals surface area contributed by atoms with Crippen LogP contribution in [0.3, 0.4) is 0 Å². The van der Waals surface area contributed by atoms with E-state index in [-0.39, 0.29) is 24.0 Å². The summed E-state index contributed by atoms with van der Waals surface area (Å²) in [6.45, 7) is 0.646. The average Bonchev–Trinajstić information content (AvgIpc) is 3.01. The van der Waals surface area contributed by atoms with Crippen molar-refractivity contribution in [2.75, 3.05) is 6.54 Å². The maximum Gasteiger partial charge on any atom is 0.237 e. The third kappa shape index (κ3) is 2.95. The standard InChI is InChI=1S/C15H26N2O2/c18-14-7-3-5-11(14)9-16-15(19)13-8-10-4-1-2-6-12(10)17-13/h10-14,17-18H,1-9H2,(H,16,19). The van der Waals surface area contributed by atoms with Crippen LogP contribution in [0.4, 0.5) is 0 Å². The molecule has 3 fully saturated rings. The van der Waals surface area contributed by atoms with E-state index in [0.717, 1.165) is 25.7 Å².